The van der Waals surface area contributed by atoms with E-state index in [9.17, 15) is 4.79 Å². The summed E-state index contributed by atoms with van der Waals surface area (Å²) in [7, 11) is 0. The molecule has 0 radical (unpaired) electrons. The molecule has 0 saturated carbocycles. The molecule has 0 spiro atoms. The lowest BCUT2D eigenvalue weighted by atomic mass is 10.1. The number of hydrogen-bond donors (Lipinski definition) is 0. The molecular formula is C24H19Br2ClN2O. The molecule has 0 N–H and O–H groups in total. The Morgan fingerprint density at radius 1 is 0.833 bits per heavy atom. The van der Waals surface area contributed by atoms with E-state index in [1.807, 2.05) is 77.4 Å². The van der Waals surface area contributed by atoms with Crippen molar-refractivity contribution < 1.29 is 0 Å². The quantitative estimate of drug-likeness (QED) is 0.256. The molecule has 3 nitrogen and oxygen atoms in total. The largest absolute Gasteiger partial charge is 0.338 e. The van der Waals surface area contributed by atoms with Gasteiger partial charge in [0, 0.05) is 19.5 Å². The lowest BCUT2D eigenvalue weighted by molar-refractivity contribution is 0.823. The normalized spacial score (nSPS) is 11.1. The van der Waals surface area contributed by atoms with Crippen LogP contribution in [0.1, 0.15) is 19.0 Å². The highest BCUT2D eigenvalue weighted by atomic mass is 79.9. The molecule has 3 aromatic carbocycles. The molecule has 152 valence electrons. The lowest BCUT2D eigenvalue weighted by Crippen LogP contribution is -2.23. The van der Waals surface area contributed by atoms with Gasteiger partial charge < -0.3 is 0 Å². The highest BCUT2D eigenvalue weighted by Crippen LogP contribution is 2.31. The van der Waals surface area contributed by atoms with Crippen LogP contribution in [0.4, 0.5) is 0 Å². The molecule has 6 heteroatoms. The first-order chi connectivity index (χ1) is 14.5. The van der Waals surface area contributed by atoms with E-state index < -0.39 is 0 Å². The summed E-state index contributed by atoms with van der Waals surface area (Å²) in [5.41, 5.74) is 4.31. The molecule has 0 aliphatic rings. The summed E-state index contributed by atoms with van der Waals surface area (Å²) in [6, 6.07) is 23.3. The van der Waals surface area contributed by atoms with Crippen molar-refractivity contribution in [2.24, 2.45) is 0 Å². The zero-order valence-corrected chi connectivity index (χ0v) is 20.2. The molecule has 0 bridgehead atoms. The molecule has 0 amide bonds. The third-order valence-corrected chi connectivity index (χ3v) is 6.20. The van der Waals surface area contributed by atoms with E-state index in [-0.39, 0.29) is 5.69 Å². The Labute approximate surface area is 197 Å². The maximum absolute atomic E-state index is 13.8. The van der Waals surface area contributed by atoms with Crippen molar-refractivity contribution in [3.63, 3.8) is 0 Å². The fraction of sp³-hybridized carbons (Fsp3) is 0.125. The highest BCUT2D eigenvalue weighted by molar-refractivity contribution is 9.10. The molecule has 1 aromatic heterocycles. The number of hydrogen-bond acceptors (Lipinski definition) is 1. The third-order valence-electron chi connectivity index (χ3n) is 4.90. The van der Waals surface area contributed by atoms with Gasteiger partial charge in [0.25, 0.3) is 0 Å². The average Bonchev–Trinajstić information content (AvgIpc) is 3.02. The first-order valence-corrected chi connectivity index (χ1v) is 11.6. The van der Waals surface area contributed by atoms with Crippen molar-refractivity contribution in [3.05, 3.63) is 103 Å². The molecule has 0 aliphatic carbocycles. The molecule has 0 aliphatic heterocycles. The van der Waals surface area contributed by atoms with E-state index in [4.69, 9.17) is 11.6 Å². The number of imidazole rings is 1. The van der Waals surface area contributed by atoms with Gasteiger partial charge in [-0.05, 0) is 67.1 Å². The van der Waals surface area contributed by atoms with E-state index in [1.54, 1.807) is 4.57 Å². The second kappa shape index (κ2) is 8.96. The Kier molecular flexibility index (Phi) is 6.32. The molecule has 0 saturated heterocycles. The molecule has 0 fully saturated rings. The number of halogens is 3. The second-order valence-electron chi connectivity index (χ2n) is 6.96. The summed E-state index contributed by atoms with van der Waals surface area (Å²) in [4.78, 5) is 13.8. The first kappa shape index (κ1) is 21.2. The van der Waals surface area contributed by atoms with E-state index >= 15 is 0 Å². The Hall–Kier alpha value is -2.08. The summed E-state index contributed by atoms with van der Waals surface area (Å²) in [6.45, 7) is 2.12. The van der Waals surface area contributed by atoms with Crippen LogP contribution in [0.15, 0.2) is 86.5 Å². The maximum Gasteiger partial charge on any atom is 0.338 e. The van der Waals surface area contributed by atoms with Crippen molar-refractivity contribution in [2.75, 3.05) is 0 Å². The standard InChI is InChI=1S/C24H19Br2ClN2O/c1-2-4-22-23(16-5-3-6-19(27)15-16)29(21-13-9-18(26)10-14-21)24(30)28(22)20-11-7-17(25)8-12-20/h3,5-15H,2,4H2,1H3. The minimum atomic E-state index is -0.0990. The van der Waals surface area contributed by atoms with Gasteiger partial charge in [0.2, 0.25) is 0 Å². The van der Waals surface area contributed by atoms with Gasteiger partial charge in [-0.25, -0.2) is 4.79 Å². The third kappa shape index (κ3) is 4.07. The smallest absolute Gasteiger partial charge is 0.264 e. The maximum atomic E-state index is 13.8. The van der Waals surface area contributed by atoms with Crippen LogP contribution in [0.25, 0.3) is 22.6 Å². The fourth-order valence-corrected chi connectivity index (χ4v) is 4.35. The molecular weight excluding hydrogens is 528 g/mol. The number of aromatic nitrogens is 2. The van der Waals surface area contributed by atoms with Crippen molar-refractivity contribution >= 4 is 43.5 Å². The monoisotopic (exact) mass is 544 g/mol. The SMILES string of the molecule is CCCc1c(-c2cccc(Cl)c2)n(-c2ccc(Br)cc2)c(=O)n1-c1ccc(Br)cc1. The van der Waals surface area contributed by atoms with Crippen LogP contribution in [0.5, 0.6) is 0 Å². The van der Waals surface area contributed by atoms with Crippen molar-refractivity contribution in [1.82, 2.24) is 9.13 Å². The van der Waals surface area contributed by atoms with E-state index in [2.05, 4.69) is 38.8 Å². The summed E-state index contributed by atoms with van der Waals surface area (Å²) < 4.78 is 5.53. The lowest BCUT2D eigenvalue weighted by Gasteiger charge is -2.11. The van der Waals surface area contributed by atoms with E-state index in [0.717, 1.165) is 50.1 Å². The van der Waals surface area contributed by atoms with Gasteiger partial charge in [0.05, 0.1) is 22.8 Å². The summed E-state index contributed by atoms with van der Waals surface area (Å²) in [5, 5.41) is 0.640. The second-order valence-corrected chi connectivity index (χ2v) is 9.23. The Balaban J connectivity index is 2.10. The van der Waals surface area contributed by atoms with Gasteiger partial charge in [0.15, 0.2) is 0 Å². The Morgan fingerprint density at radius 2 is 1.40 bits per heavy atom. The van der Waals surface area contributed by atoms with Gasteiger partial charge in [0.1, 0.15) is 0 Å². The zero-order valence-electron chi connectivity index (χ0n) is 16.3. The van der Waals surface area contributed by atoms with Gasteiger partial charge in [-0.2, -0.15) is 0 Å². The van der Waals surface area contributed by atoms with Crippen LogP contribution < -0.4 is 5.69 Å². The predicted octanol–water partition coefficient (Wildman–Crippen LogP) is 7.43. The molecule has 0 unspecified atom stereocenters. The van der Waals surface area contributed by atoms with Crippen LogP contribution in [-0.4, -0.2) is 9.13 Å². The van der Waals surface area contributed by atoms with Gasteiger partial charge >= 0.3 is 5.69 Å². The Morgan fingerprint density at radius 3 is 1.93 bits per heavy atom. The zero-order chi connectivity index (χ0) is 21.3. The number of nitrogens with zero attached hydrogens (tertiary/aromatic N) is 2. The van der Waals surface area contributed by atoms with Crippen LogP contribution in [0, 0.1) is 0 Å². The number of benzene rings is 3. The van der Waals surface area contributed by atoms with Crippen molar-refractivity contribution in [3.8, 4) is 22.6 Å². The molecule has 4 rings (SSSR count). The first-order valence-electron chi connectivity index (χ1n) is 9.64. The summed E-state index contributed by atoms with van der Waals surface area (Å²) >= 11 is 13.3. The fourth-order valence-electron chi connectivity index (χ4n) is 3.63. The van der Waals surface area contributed by atoms with Crippen LogP contribution in [-0.2, 0) is 6.42 Å². The van der Waals surface area contributed by atoms with E-state index in [1.165, 1.54) is 0 Å². The van der Waals surface area contributed by atoms with Crippen LogP contribution >= 0.6 is 43.5 Å². The van der Waals surface area contributed by atoms with Crippen LogP contribution in [0.3, 0.4) is 0 Å². The van der Waals surface area contributed by atoms with Gasteiger partial charge in [-0.15, -0.1) is 0 Å². The highest BCUT2D eigenvalue weighted by Gasteiger charge is 2.23. The van der Waals surface area contributed by atoms with Crippen molar-refractivity contribution in [2.45, 2.75) is 19.8 Å². The molecule has 4 aromatic rings. The summed E-state index contributed by atoms with van der Waals surface area (Å²) in [5.74, 6) is 0. The minimum Gasteiger partial charge on any atom is -0.264 e. The minimum absolute atomic E-state index is 0.0990. The Bertz CT molecular complexity index is 1240. The van der Waals surface area contributed by atoms with Gasteiger partial charge in [-0.1, -0.05) is 68.9 Å². The van der Waals surface area contributed by atoms with Crippen LogP contribution in [0.2, 0.25) is 5.02 Å². The van der Waals surface area contributed by atoms with Gasteiger partial charge in [-0.3, -0.25) is 9.13 Å². The molecule has 30 heavy (non-hydrogen) atoms. The number of rotatable bonds is 5. The summed E-state index contributed by atoms with van der Waals surface area (Å²) in [6.07, 6.45) is 1.67. The average molecular weight is 547 g/mol. The van der Waals surface area contributed by atoms with Crippen molar-refractivity contribution in [1.29, 1.82) is 0 Å². The topological polar surface area (TPSA) is 26.9 Å². The molecule has 1 heterocycles. The predicted molar refractivity (Wildman–Crippen MR) is 131 cm³/mol. The molecule has 0 atom stereocenters. The van der Waals surface area contributed by atoms with E-state index in [0.29, 0.717) is 5.02 Å².